The molecule has 0 saturated carbocycles. The molecule has 1 aliphatic heterocycles. The van der Waals surface area contributed by atoms with Gasteiger partial charge in [-0.15, -0.1) is 0 Å². The maximum atomic E-state index is 12.6. The van der Waals surface area contributed by atoms with Crippen LogP contribution in [0, 0.1) is 0 Å². The first-order chi connectivity index (χ1) is 16.0. The summed E-state index contributed by atoms with van der Waals surface area (Å²) in [5, 5.41) is 3.07. The first-order valence-electron chi connectivity index (χ1n) is 10.1. The average Bonchev–Trinajstić information content (AvgIpc) is 2.83. The van der Waals surface area contributed by atoms with Gasteiger partial charge in [-0.25, -0.2) is 9.78 Å². The fraction of sp³-hybridized carbons (Fsp3) is 0.167. The zero-order chi connectivity index (χ0) is 23.2. The second-order valence-corrected chi connectivity index (χ2v) is 8.08. The van der Waals surface area contributed by atoms with Crippen molar-refractivity contribution in [1.29, 1.82) is 0 Å². The molecule has 1 aromatic heterocycles. The number of hydrogen-bond acceptors (Lipinski definition) is 8. The molecule has 0 radical (unpaired) electrons. The van der Waals surface area contributed by atoms with E-state index in [-0.39, 0.29) is 11.3 Å². The van der Waals surface area contributed by atoms with Crippen LogP contribution in [0.25, 0.3) is 0 Å². The molecule has 2 aromatic carbocycles. The lowest BCUT2D eigenvalue weighted by Gasteiger charge is -2.18. The van der Waals surface area contributed by atoms with E-state index in [2.05, 4.69) is 10.3 Å². The van der Waals surface area contributed by atoms with Crippen molar-refractivity contribution in [3.63, 3.8) is 0 Å². The lowest BCUT2D eigenvalue weighted by molar-refractivity contribution is -0.119. The third kappa shape index (κ3) is 5.69. The Kier molecular flexibility index (Phi) is 6.89. The molecule has 0 fully saturated rings. The third-order valence-corrected chi connectivity index (χ3v) is 5.64. The van der Waals surface area contributed by atoms with Crippen molar-refractivity contribution in [2.24, 2.45) is 0 Å². The number of carbonyl (C=O) groups excluding carboxylic acids is 3. The van der Waals surface area contributed by atoms with Gasteiger partial charge in [0, 0.05) is 22.3 Å². The average molecular weight is 464 g/mol. The second kappa shape index (κ2) is 10.2. The number of nitrogens with zero attached hydrogens (tertiary/aromatic N) is 1. The van der Waals surface area contributed by atoms with Gasteiger partial charge in [-0.05, 0) is 61.5 Å². The molecule has 0 atom stereocenters. The number of Topliss-reactive ketones (excluding diaryl/α,β-unsaturated/α-hetero) is 1. The Morgan fingerprint density at radius 3 is 2.55 bits per heavy atom. The number of ketones is 1. The number of fused-ring (bicyclic) bond motifs is 1. The predicted molar refractivity (Wildman–Crippen MR) is 121 cm³/mol. The molecular formula is C24H20N2O6S. The molecule has 1 amide bonds. The molecule has 1 aliphatic rings. The number of benzene rings is 2. The zero-order valence-corrected chi connectivity index (χ0v) is 18.5. The Hall–Kier alpha value is -3.85. The van der Waals surface area contributed by atoms with Crippen molar-refractivity contribution in [2.75, 3.05) is 25.1 Å². The third-order valence-electron chi connectivity index (χ3n) is 4.63. The van der Waals surface area contributed by atoms with Gasteiger partial charge in [0.1, 0.15) is 18.2 Å². The van der Waals surface area contributed by atoms with E-state index >= 15 is 0 Å². The van der Waals surface area contributed by atoms with Crippen LogP contribution in [0.3, 0.4) is 0 Å². The highest BCUT2D eigenvalue weighted by molar-refractivity contribution is 7.99. The Labute approximate surface area is 194 Å². The van der Waals surface area contributed by atoms with Crippen molar-refractivity contribution in [2.45, 2.75) is 16.8 Å². The van der Waals surface area contributed by atoms with Crippen LogP contribution in [-0.4, -0.2) is 42.5 Å². The minimum Gasteiger partial charge on any atom is -0.486 e. The fourth-order valence-corrected chi connectivity index (χ4v) is 3.92. The van der Waals surface area contributed by atoms with Gasteiger partial charge < -0.3 is 19.5 Å². The Morgan fingerprint density at radius 1 is 1.03 bits per heavy atom. The molecule has 1 N–H and O–H groups in total. The normalized spacial score (nSPS) is 12.0. The van der Waals surface area contributed by atoms with Crippen LogP contribution in [0.15, 0.2) is 70.7 Å². The van der Waals surface area contributed by atoms with Crippen LogP contribution in [0.4, 0.5) is 5.69 Å². The van der Waals surface area contributed by atoms with Gasteiger partial charge >= 0.3 is 5.97 Å². The summed E-state index contributed by atoms with van der Waals surface area (Å²) in [5.41, 5.74) is 1.28. The largest absolute Gasteiger partial charge is 0.486 e. The van der Waals surface area contributed by atoms with E-state index in [0.29, 0.717) is 41.0 Å². The van der Waals surface area contributed by atoms with Gasteiger partial charge in [-0.1, -0.05) is 11.8 Å². The predicted octanol–water partition coefficient (Wildman–Crippen LogP) is 4.00. The van der Waals surface area contributed by atoms with Gasteiger partial charge in [0.15, 0.2) is 23.9 Å². The summed E-state index contributed by atoms with van der Waals surface area (Å²) < 4.78 is 16.3. The number of rotatable bonds is 7. The number of anilines is 1. The molecule has 4 rings (SSSR count). The van der Waals surface area contributed by atoms with Crippen molar-refractivity contribution in [3.8, 4) is 11.5 Å². The molecule has 0 unspecified atom stereocenters. The summed E-state index contributed by atoms with van der Waals surface area (Å²) in [4.78, 5) is 41.2. The molecule has 33 heavy (non-hydrogen) atoms. The summed E-state index contributed by atoms with van der Waals surface area (Å²) in [5.74, 6) is 0.0878. The van der Waals surface area contributed by atoms with Crippen LogP contribution in [0.2, 0.25) is 0 Å². The van der Waals surface area contributed by atoms with E-state index in [4.69, 9.17) is 14.2 Å². The van der Waals surface area contributed by atoms with Crippen molar-refractivity contribution in [1.82, 2.24) is 4.98 Å². The van der Waals surface area contributed by atoms with E-state index in [0.717, 1.165) is 4.90 Å². The number of aromatic nitrogens is 1. The molecular weight excluding hydrogens is 444 g/mol. The first-order valence-corrected chi connectivity index (χ1v) is 10.9. The molecule has 2 heterocycles. The number of carbonyl (C=O) groups is 3. The summed E-state index contributed by atoms with van der Waals surface area (Å²) in [6.45, 7) is 1.99. The van der Waals surface area contributed by atoms with Crippen LogP contribution in [0.5, 0.6) is 11.5 Å². The van der Waals surface area contributed by atoms with Gasteiger partial charge in [0.05, 0.1) is 5.56 Å². The topological polar surface area (TPSA) is 104 Å². The molecule has 0 saturated heterocycles. The molecule has 9 heteroatoms. The van der Waals surface area contributed by atoms with Gasteiger partial charge in [-0.2, -0.15) is 0 Å². The number of ether oxygens (including phenoxy) is 3. The first kappa shape index (κ1) is 22.3. The number of pyridine rings is 1. The molecule has 8 nitrogen and oxygen atoms in total. The number of hydrogen-bond donors (Lipinski definition) is 1. The highest BCUT2D eigenvalue weighted by Crippen LogP contribution is 2.37. The van der Waals surface area contributed by atoms with E-state index in [1.165, 1.54) is 18.7 Å². The second-order valence-electron chi connectivity index (χ2n) is 7.02. The number of nitrogens with one attached hydrogen (secondary N) is 1. The van der Waals surface area contributed by atoms with Crippen LogP contribution >= 0.6 is 11.8 Å². The standard InChI is InChI=1S/C24H20N2O6S/c1-15(27)16-4-6-17(7-5-16)26-22(28)14-32-24(29)19-3-2-10-25-23(19)33-18-8-9-20-21(13-18)31-12-11-30-20/h2-10,13H,11-12,14H2,1H3,(H,26,28). The lowest BCUT2D eigenvalue weighted by Crippen LogP contribution is -2.21. The number of amides is 1. The summed E-state index contributed by atoms with van der Waals surface area (Å²) in [7, 11) is 0. The van der Waals surface area contributed by atoms with Crippen LogP contribution in [-0.2, 0) is 9.53 Å². The van der Waals surface area contributed by atoms with Crippen molar-refractivity contribution < 1.29 is 28.6 Å². The molecule has 168 valence electrons. The van der Waals surface area contributed by atoms with Gasteiger partial charge in [0.25, 0.3) is 5.91 Å². The number of esters is 1. The molecule has 0 aliphatic carbocycles. The summed E-state index contributed by atoms with van der Waals surface area (Å²) in [6, 6.07) is 15.2. The molecule has 3 aromatic rings. The SMILES string of the molecule is CC(=O)c1ccc(NC(=O)COC(=O)c2cccnc2Sc2ccc3c(c2)OCCO3)cc1. The smallest absolute Gasteiger partial charge is 0.341 e. The zero-order valence-electron chi connectivity index (χ0n) is 17.7. The molecule has 0 spiro atoms. The Balaban J connectivity index is 1.37. The monoisotopic (exact) mass is 464 g/mol. The summed E-state index contributed by atoms with van der Waals surface area (Å²) >= 11 is 1.28. The van der Waals surface area contributed by atoms with Crippen molar-refractivity contribution >= 4 is 35.1 Å². The maximum Gasteiger partial charge on any atom is 0.341 e. The highest BCUT2D eigenvalue weighted by Gasteiger charge is 2.18. The quantitative estimate of drug-likeness (QED) is 0.413. The van der Waals surface area contributed by atoms with E-state index in [1.54, 1.807) is 42.6 Å². The van der Waals surface area contributed by atoms with Crippen LogP contribution < -0.4 is 14.8 Å². The maximum absolute atomic E-state index is 12.6. The Bertz CT molecular complexity index is 1200. The Morgan fingerprint density at radius 2 is 1.79 bits per heavy atom. The molecule has 0 bridgehead atoms. The minimum absolute atomic E-state index is 0.0665. The van der Waals surface area contributed by atoms with Crippen molar-refractivity contribution in [3.05, 3.63) is 71.9 Å². The summed E-state index contributed by atoms with van der Waals surface area (Å²) in [6.07, 6.45) is 1.58. The lowest BCUT2D eigenvalue weighted by atomic mass is 10.1. The highest BCUT2D eigenvalue weighted by atomic mass is 32.2. The van der Waals surface area contributed by atoms with Crippen LogP contribution in [0.1, 0.15) is 27.6 Å². The van der Waals surface area contributed by atoms with E-state index in [9.17, 15) is 14.4 Å². The fourth-order valence-electron chi connectivity index (χ4n) is 3.02. The van der Waals surface area contributed by atoms with Gasteiger partial charge in [0.2, 0.25) is 0 Å². The van der Waals surface area contributed by atoms with E-state index < -0.39 is 18.5 Å². The minimum atomic E-state index is -0.662. The van der Waals surface area contributed by atoms with Gasteiger partial charge in [-0.3, -0.25) is 9.59 Å². The van der Waals surface area contributed by atoms with E-state index in [1.807, 2.05) is 18.2 Å².